The smallest absolute Gasteiger partial charge is 0.250 e. The number of hydrogen-bond donors (Lipinski definition) is 2. The third-order valence-electron chi connectivity index (χ3n) is 4.02. The molecule has 1 atom stereocenters. The number of carbonyl (C=O) groups excluding carboxylic acids is 2. The number of hydrogen-bond acceptors (Lipinski definition) is 6. The second-order valence-corrected chi connectivity index (χ2v) is 8.38. The molecule has 0 aromatic carbocycles. The van der Waals surface area contributed by atoms with Crippen LogP contribution in [0.15, 0.2) is 21.7 Å². The molecule has 2 fully saturated rings. The first kappa shape index (κ1) is 16.4. The zero-order chi connectivity index (χ0) is 16.4. The van der Waals surface area contributed by atoms with Gasteiger partial charge in [-0.25, -0.2) is 13.1 Å². The van der Waals surface area contributed by atoms with Gasteiger partial charge in [0, 0.05) is 32.7 Å². The van der Waals surface area contributed by atoms with E-state index in [2.05, 4.69) is 14.9 Å². The van der Waals surface area contributed by atoms with E-state index < -0.39 is 10.0 Å². The summed E-state index contributed by atoms with van der Waals surface area (Å²) < 4.78 is 26.5. The lowest BCUT2D eigenvalue weighted by Crippen LogP contribution is -2.65. The number of nitrogens with one attached hydrogen (secondary N) is 2. The number of thiophene rings is 1. The van der Waals surface area contributed by atoms with E-state index in [1.165, 1.54) is 6.07 Å². The van der Waals surface area contributed by atoms with Crippen LogP contribution in [0.3, 0.4) is 0 Å². The zero-order valence-electron chi connectivity index (χ0n) is 12.4. The van der Waals surface area contributed by atoms with E-state index >= 15 is 0 Å². The summed E-state index contributed by atoms with van der Waals surface area (Å²) in [6.45, 7) is 2.54. The Morgan fingerprint density at radius 2 is 2.22 bits per heavy atom. The molecule has 3 heterocycles. The third kappa shape index (κ3) is 3.55. The maximum atomic E-state index is 12.2. The minimum absolute atomic E-state index is 0.0760. The molecule has 2 aliphatic heterocycles. The average Bonchev–Trinajstić information content (AvgIpc) is 3.08. The lowest BCUT2D eigenvalue weighted by atomic mass is 10.1. The molecule has 2 N–H and O–H groups in total. The predicted molar refractivity (Wildman–Crippen MR) is 84.5 cm³/mol. The van der Waals surface area contributed by atoms with Crippen molar-refractivity contribution in [2.45, 2.75) is 10.3 Å². The summed E-state index contributed by atoms with van der Waals surface area (Å²) >= 11 is 1.10. The molecule has 1 aromatic heterocycles. The number of rotatable bonds is 4. The van der Waals surface area contributed by atoms with Crippen LogP contribution in [-0.2, 0) is 19.6 Å². The van der Waals surface area contributed by atoms with Gasteiger partial charge in [0.25, 0.3) is 10.0 Å². The summed E-state index contributed by atoms with van der Waals surface area (Å²) in [5, 5.41) is 4.45. The average molecular weight is 358 g/mol. The Balaban J connectivity index is 1.58. The first-order chi connectivity index (χ1) is 11.0. The fourth-order valence-electron chi connectivity index (χ4n) is 2.76. The molecule has 23 heavy (non-hydrogen) atoms. The predicted octanol–water partition coefficient (Wildman–Crippen LogP) is -1.33. The van der Waals surface area contributed by atoms with Gasteiger partial charge in [0.05, 0.1) is 6.54 Å². The minimum Gasteiger partial charge on any atom is -0.353 e. The normalized spacial score (nSPS) is 22.5. The lowest BCUT2D eigenvalue weighted by Gasteiger charge is -2.43. The van der Waals surface area contributed by atoms with Gasteiger partial charge in [-0.2, -0.15) is 0 Å². The summed E-state index contributed by atoms with van der Waals surface area (Å²) in [5.74, 6) is -0.393. The van der Waals surface area contributed by atoms with Crippen LogP contribution in [0, 0.1) is 0 Å². The zero-order valence-corrected chi connectivity index (χ0v) is 14.0. The molecule has 0 saturated carbocycles. The fourth-order valence-corrected chi connectivity index (χ4v) is 4.77. The van der Waals surface area contributed by atoms with Gasteiger partial charge in [0.1, 0.15) is 10.3 Å². The van der Waals surface area contributed by atoms with Crippen LogP contribution in [0.4, 0.5) is 0 Å². The molecule has 2 saturated heterocycles. The molecule has 1 aromatic rings. The summed E-state index contributed by atoms with van der Waals surface area (Å²) in [7, 11) is -3.65. The molecular weight excluding hydrogens is 340 g/mol. The first-order valence-electron chi connectivity index (χ1n) is 7.30. The van der Waals surface area contributed by atoms with E-state index in [0.29, 0.717) is 26.2 Å². The van der Waals surface area contributed by atoms with Gasteiger partial charge >= 0.3 is 0 Å². The van der Waals surface area contributed by atoms with E-state index in [4.69, 9.17) is 0 Å². The maximum Gasteiger partial charge on any atom is 0.250 e. The van der Waals surface area contributed by atoms with Gasteiger partial charge < -0.3 is 10.2 Å². The highest BCUT2D eigenvalue weighted by molar-refractivity contribution is 7.91. The van der Waals surface area contributed by atoms with Crippen LogP contribution >= 0.6 is 11.3 Å². The molecule has 0 spiro atoms. The van der Waals surface area contributed by atoms with Gasteiger partial charge in [-0.3, -0.25) is 14.5 Å². The van der Waals surface area contributed by atoms with Gasteiger partial charge in [0.15, 0.2) is 0 Å². The molecular formula is C13H18N4O4S2. The maximum absolute atomic E-state index is 12.2. The van der Waals surface area contributed by atoms with Crippen LogP contribution in [0.2, 0.25) is 0 Å². The summed E-state index contributed by atoms with van der Waals surface area (Å²) in [6, 6.07) is 2.79. The van der Waals surface area contributed by atoms with Crippen LogP contribution < -0.4 is 10.0 Å². The van der Waals surface area contributed by atoms with Crippen LogP contribution in [0.25, 0.3) is 0 Å². The molecule has 2 aliphatic rings. The molecule has 2 amide bonds. The van der Waals surface area contributed by atoms with Crippen molar-refractivity contribution in [3.05, 3.63) is 17.5 Å². The Hall–Kier alpha value is -1.49. The van der Waals surface area contributed by atoms with Crippen molar-refractivity contribution in [3.8, 4) is 0 Å². The van der Waals surface area contributed by atoms with E-state index in [1.54, 1.807) is 16.3 Å². The number of amides is 2. The van der Waals surface area contributed by atoms with Crippen molar-refractivity contribution in [3.63, 3.8) is 0 Å². The summed E-state index contributed by atoms with van der Waals surface area (Å²) in [4.78, 5) is 27.7. The van der Waals surface area contributed by atoms with Crippen molar-refractivity contribution in [2.24, 2.45) is 0 Å². The second kappa shape index (κ2) is 6.56. The Bertz CT molecular complexity index is 689. The van der Waals surface area contributed by atoms with Crippen LogP contribution in [0.5, 0.6) is 0 Å². The molecule has 8 nitrogen and oxygen atoms in total. The Morgan fingerprint density at radius 3 is 2.96 bits per heavy atom. The molecule has 3 rings (SSSR count). The van der Waals surface area contributed by atoms with E-state index in [1.807, 2.05) is 0 Å². The summed E-state index contributed by atoms with van der Waals surface area (Å²) in [6.07, 6.45) is 0. The second-order valence-electron chi connectivity index (χ2n) is 5.44. The topological polar surface area (TPSA) is 98.8 Å². The number of sulfonamides is 1. The van der Waals surface area contributed by atoms with Crippen molar-refractivity contribution >= 4 is 33.2 Å². The SMILES string of the molecule is O=C1NCCN2CCN(C(=O)CNS(=O)(=O)c3cccs3)C[C@@H]12. The third-order valence-corrected chi connectivity index (χ3v) is 6.82. The highest BCUT2D eigenvalue weighted by Gasteiger charge is 2.36. The molecule has 0 aliphatic carbocycles. The van der Waals surface area contributed by atoms with E-state index in [9.17, 15) is 18.0 Å². The van der Waals surface area contributed by atoms with Crippen molar-refractivity contribution in [1.29, 1.82) is 0 Å². The van der Waals surface area contributed by atoms with Crippen molar-refractivity contribution in [2.75, 3.05) is 39.3 Å². The number of fused-ring (bicyclic) bond motifs is 1. The molecule has 0 unspecified atom stereocenters. The van der Waals surface area contributed by atoms with Gasteiger partial charge in [0.2, 0.25) is 11.8 Å². The molecule has 126 valence electrons. The number of carbonyl (C=O) groups is 2. The largest absolute Gasteiger partial charge is 0.353 e. The summed E-state index contributed by atoms with van der Waals surface area (Å²) in [5.41, 5.74) is 0. The monoisotopic (exact) mass is 358 g/mol. The number of piperazine rings is 2. The Morgan fingerprint density at radius 1 is 1.39 bits per heavy atom. The minimum atomic E-state index is -3.65. The van der Waals surface area contributed by atoms with Crippen LogP contribution in [0.1, 0.15) is 0 Å². The molecule has 0 radical (unpaired) electrons. The van der Waals surface area contributed by atoms with Gasteiger partial charge in [-0.05, 0) is 11.4 Å². The van der Waals surface area contributed by atoms with Gasteiger partial charge in [-0.15, -0.1) is 11.3 Å². The highest BCUT2D eigenvalue weighted by atomic mass is 32.2. The van der Waals surface area contributed by atoms with Crippen molar-refractivity contribution < 1.29 is 18.0 Å². The van der Waals surface area contributed by atoms with E-state index in [-0.39, 0.29) is 28.6 Å². The standard InChI is InChI=1S/C13H18N4O4S2/c18-11(8-15-23(20,21)12-2-1-7-22-12)17-6-5-16-4-3-14-13(19)10(16)9-17/h1-2,7,10,15H,3-6,8-9H2,(H,14,19)/t10-/m0/s1. The Kier molecular flexibility index (Phi) is 4.67. The first-order valence-corrected chi connectivity index (χ1v) is 9.66. The van der Waals surface area contributed by atoms with Gasteiger partial charge in [-0.1, -0.05) is 6.07 Å². The highest BCUT2D eigenvalue weighted by Crippen LogP contribution is 2.16. The molecule has 10 heteroatoms. The van der Waals surface area contributed by atoms with Crippen LogP contribution in [-0.4, -0.2) is 75.3 Å². The quantitative estimate of drug-likeness (QED) is 0.695. The van der Waals surface area contributed by atoms with E-state index in [0.717, 1.165) is 17.9 Å². The Labute approximate surface area is 138 Å². The van der Waals surface area contributed by atoms with Crippen molar-refractivity contribution in [1.82, 2.24) is 19.8 Å². The molecule has 0 bridgehead atoms. The lowest BCUT2D eigenvalue weighted by molar-refractivity contribution is -0.139. The fraction of sp³-hybridized carbons (Fsp3) is 0.538. The number of nitrogens with zero attached hydrogens (tertiary/aromatic N) is 2.